The number of fused-ring (bicyclic) bond motifs is 2. The number of aryl methyl sites for hydroxylation is 1. The standard InChI is InChI=1S/C17H12ClN3OS2/c1-10-3-2-4-15-19-12(8-16(22)21(10)15)9-23-17-20-13-7-11(18)5-6-14(13)24-17/h2-8H,9H2,1H3. The van der Waals surface area contributed by atoms with Crippen LogP contribution >= 0.6 is 34.7 Å². The van der Waals surface area contributed by atoms with E-state index in [0.29, 0.717) is 16.4 Å². The molecule has 0 aliphatic heterocycles. The Morgan fingerprint density at radius 3 is 2.96 bits per heavy atom. The van der Waals surface area contributed by atoms with Gasteiger partial charge < -0.3 is 0 Å². The SMILES string of the molecule is Cc1cccc2nc(CSc3nc4cc(Cl)ccc4s3)cc(=O)n12. The predicted octanol–water partition coefficient (Wildman–Crippen LogP) is 4.56. The van der Waals surface area contributed by atoms with Gasteiger partial charge in [-0.25, -0.2) is 9.97 Å². The van der Waals surface area contributed by atoms with E-state index in [4.69, 9.17) is 11.6 Å². The van der Waals surface area contributed by atoms with Gasteiger partial charge in [-0.15, -0.1) is 11.3 Å². The van der Waals surface area contributed by atoms with E-state index in [-0.39, 0.29) is 5.56 Å². The summed E-state index contributed by atoms with van der Waals surface area (Å²) in [6.45, 7) is 1.90. The van der Waals surface area contributed by atoms with Crippen molar-refractivity contribution >= 4 is 50.6 Å². The topological polar surface area (TPSA) is 47.3 Å². The Balaban J connectivity index is 1.63. The number of rotatable bonds is 3. The summed E-state index contributed by atoms with van der Waals surface area (Å²) in [5.74, 6) is 0.604. The van der Waals surface area contributed by atoms with Crippen LogP contribution in [0.3, 0.4) is 0 Å². The molecule has 0 fully saturated rings. The quantitative estimate of drug-likeness (QED) is 0.494. The van der Waals surface area contributed by atoms with Crippen molar-refractivity contribution < 1.29 is 0 Å². The monoisotopic (exact) mass is 373 g/mol. The zero-order chi connectivity index (χ0) is 16.7. The Labute approximate surface area is 151 Å². The van der Waals surface area contributed by atoms with Crippen molar-refractivity contribution in [1.82, 2.24) is 14.4 Å². The van der Waals surface area contributed by atoms with Crippen LogP contribution in [0.1, 0.15) is 11.4 Å². The molecule has 1 aromatic carbocycles. The minimum atomic E-state index is -0.0511. The average Bonchev–Trinajstić information content (AvgIpc) is 2.94. The molecule has 0 saturated carbocycles. The molecule has 3 aromatic heterocycles. The molecule has 0 aliphatic carbocycles. The number of aromatic nitrogens is 3. The van der Waals surface area contributed by atoms with Gasteiger partial charge in [-0.3, -0.25) is 9.20 Å². The first kappa shape index (κ1) is 15.6. The van der Waals surface area contributed by atoms with Crippen molar-refractivity contribution in [2.75, 3.05) is 0 Å². The van der Waals surface area contributed by atoms with E-state index >= 15 is 0 Å². The first-order chi connectivity index (χ1) is 11.6. The molecule has 3 heterocycles. The Kier molecular flexibility index (Phi) is 4.04. The molecule has 0 radical (unpaired) electrons. The summed E-state index contributed by atoms with van der Waals surface area (Å²) < 4.78 is 3.66. The van der Waals surface area contributed by atoms with Crippen molar-refractivity contribution in [2.45, 2.75) is 17.0 Å². The zero-order valence-corrected chi connectivity index (χ0v) is 15.1. The fourth-order valence-electron chi connectivity index (χ4n) is 2.51. The maximum absolute atomic E-state index is 12.3. The van der Waals surface area contributed by atoms with Crippen LogP contribution in [-0.4, -0.2) is 14.4 Å². The van der Waals surface area contributed by atoms with Gasteiger partial charge in [0.05, 0.1) is 15.9 Å². The molecule has 0 unspecified atom stereocenters. The van der Waals surface area contributed by atoms with Crippen molar-refractivity contribution in [3.63, 3.8) is 0 Å². The summed E-state index contributed by atoms with van der Waals surface area (Å²) in [5, 5.41) is 0.684. The number of halogens is 1. The van der Waals surface area contributed by atoms with Crippen LogP contribution in [-0.2, 0) is 5.75 Å². The fraction of sp³-hybridized carbons (Fsp3) is 0.118. The molecule has 7 heteroatoms. The number of benzene rings is 1. The number of pyridine rings is 1. The van der Waals surface area contributed by atoms with Gasteiger partial charge in [-0.1, -0.05) is 29.4 Å². The first-order valence-corrected chi connectivity index (χ1v) is 9.45. The molecule has 0 spiro atoms. The molecule has 0 N–H and O–H groups in total. The van der Waals surface area contributed by atoms with Gasteiger partial charge in [0.15, 0.2) is 4.34 Å². The molecule has 120 valence electrons. The lowest BCUT2D eigenvalue weighted by Gasteiger charge is -2.05. The van der Waals surface area contributed by atoms with E-state index in [1.807, 2.05) is 43.3 Å². The predicted molar refractivity (Wildman–Crippen MR) is 100 cm³/mol. The van der Waals surface area contributed by atoms with Crippen molar-refractivity contribution in [3.8, 4) is 0 Å². The van der Waals surface area contributed by atoms with Crippen LogP contribution in [0, 0.1) is 6.92 Å². The highest BCUT2D eigenvalue weighted by atomic mass is 35.5. The van der Waals surface area contributed by atoms with Gasteiger partial charge in [0, 0.05) is 22.5 Å². The summed E-state index contributed by atoms with van der Waals surface area (Å²) in [6.07, 6.45) is 0. The normalized spacial score (nSPS) is 11.4. The highest BCUT2D eigenvalue weighted by Crippen LogP contribution is 2.32. The molecule has 0 atom stereocenters. The first-order valence-electron chi connectivity index (χ1n) is 7.27. The number of thioether (sulfide) groups is 1. The van der Waals surface area contributed by atoms with Crippen LogP contribution in [0.2, 0.25) is 5.02 Å². The van der Waals surface area contributed by atoms with Gasteiger partial charge >= 0.3 is 0 Å². The Morgan fingerprint density at radius 2 is 2.08 bits per heavy atom. The third-order valence-corrected chi connectivity index (χ3v) is 6.05. The molecular weight excluding hydrogens is 362 g/mol. The van der Waals surface area contributed by atoms with E-state index in [9.17, 15) is 4.79 Å². The maximum atomic E-state index is 12.3. The van der Waals surface area contributed by atoms with E-state index in [2.05, 4.69) is 9.97 Å². The summed E-state index contributed by atoms with van der Waals surface area (Å²) in [7, 11) is 0. The molecule has 0 bridgehead atoms. The number of hydrogen-bond donors (Lipinski definition) is 0. The Morgan fingerprint density at radius 1 is 1.21 bits per heavy atom. The third kappa shape index (κ3) is 2.92. The van der Waals surface area contributed by atoms with Crippen LogP contribution in [0.5, 0.6) is 0 Å². The second-order valence-corrected chi connectivity index (χ2v) is 8.02. The van der Waals surface area contributed by atoms with Crippen molar-refractivity contribution in [2.24, 2.45) is 0 Å². The lowest BCUT2D eigenvalue weighted by Crippen LogP contribution is -2.17. The Bertz CT molecular complexity index is 1120. The van der Waals surface area contributed by atoms with Gasteiger partial charge in [0.1, 0.15) is 5.65 Å². The summed E-state index contributed by atoms with van der Waals surface area (Å²) in [5.41, 5.74) is 3.16. The minimum Gasteiger partial charge on any atom is -0.269 e. The van der Waals surface area contributed by atoms with Crippen molar-refractivity contribution in [3.05, 3.63) is 69.2 Å². The van der Waals surface area contributed by atoms with Crippen LogP contribution < -0.4 is 5.56 Å². The van der Waals surface area contributed by atoms with Crippen LogP contribution in [0.25, 0.3) is 15.9 Å². The second-order valence-electron chi connectivity index (χ2n) is 5.33. The van der Waals surface area contributed by atoms with Crippen molar-refractivity contribution in [1.29, 1.82) is 0 Å². The van der Waals surface area contributed by atoms with E-state index < -0.39 is 0 Å². The van der Waals surface area contributed by atoms with Gasteiger partial charge in [0.25, 0.3) is 5.56 Å². The molecule has 0 aliphatic rings. The lowest BCUT2D eigenvalue weighted by atomic mass is 10.3. The number of thiazole rings is 1. The van der Waals surface area contributed by atoms with Gasteiger partial charge in [0.2, 0.25) is 0 Å². The maximum Gasteiger partial charge on any atom is 0.258 e. The summed E-state index contributed by atoms with van der Waals surface area (Å²) in [4.78, 5) is 21.4. The largest absolute Gasteiger partial charge is 0.269 e. The molecule has 4 aromatic rings. The van der Waals surface area contributed by atoms with Gasteiger partial charge in [-0.05, 0) is 37.3 Å². The van der Waals surface area contributed by atoms with Gasteiger partial charge in [-0.2, -0.15) is 0 Å². The average molecular weight is 374 g/mol. The van der Waals surface area contributed by atoms with Crippen LogP contribution in [0.15, 0.2) is 51.6 Å². The molecule has 4 rings (SSSR count). The minimum absolute atomic E-state index is 0.0511. The molecular formula is C17H12ClN3OS2. The molecule has 0 amide bonds. The second kappa shape index (κ2) is 6.20. The number of hydrogen-bond acceptors (Lipinski definition) is 5. The van der Waals surface area contributed by atoms with Crippen LogP contribution in [0.4, 0.5) is 0 Å². The summed E-state index contributed by atoms with van der Waals surface area (Å²) in [6, 6.07) is 13.0. The molecule has 0 saturated heterocycles. The lowest BCUT2D eigenvalue weighted by molar-refractivity contribution is 0.968. The third-order valence-electron chi connectivity index (χ3n) is 3.61. The Hall–Kier alpha value is -1.89. The smallest absolute Gasteiger partial charge is 0.258 e. The zero-order valence-electron chi connectivity index (χ0n) is 12.7. The van der Waals surface area contributed by atoms with E-state index in [0.717, 1.165) is 25.9 Å². The van der Waals surface area contributed by atoms with E-state index in [1.165, 1.54) is 0 Å². The number of nitrogens with zero attached hydrogens (tertiary/aromatic N) is 3. The molecule has 24 heavy (non-hydrogen) atoms. The molecule has 4 nitrogen and oxygen atoms in total. The highest BCUT2D eigenvalue weighted by molar-refractivity contribution is 8.00. The van der Waals surface area contributed by atoms with E-state index in [1.54, 1.807) is 33.6 Å². The summed E-state index contributed by atoms with van der Waals surface area (Å²) >= 11 is 9.20. The highest BCUT2D eigenvalue weighted by Gasteiger charge is 2.08. The fourth-order valence-corrected chi connectivity index (χ4v) is 4.62.